The molecule has 1 aliphatic rings. The molecule has 0 N–H and O–H groups in total. The quantitative estimate of drug-likeness (QED) is 0.609. The molecule has 0 aromatic heterocycles. The van der Waals surface area contributed by atoms with Gasteiger partial charge in [-0.2, -0.15) is 0 Å². The van der Waals surface area contributed by atoms with E-state index in [1.54, 1.807) is 0 Å². The summed E-state index contributed by atoms with van der Waals surface area (Å²) in [6.07, 6.45) is 1.63. The van der Waals surface area contributed by atoms with Gasteiger partial charge >= 0.3 is 0 Å². The van der Waals surface area contributed by atoms with Crippen LogP contribution in [-0.2, 0) is 9.59 Å². The minimum absolute atomic E-state index is 0.0193. The Bertz CT molecular complexity index is 213. The number of ketones is 2. The summed E-state index contributed by atoms with van der Waals surface area (Å²) < 4.78 is 0. The molecule has 3 heteroatoms. The summed E-state index contributed by atoms with van der Waals surface area (Å²) in [7, 11) is 0. The smallest absolute Gasteiger partial charge is 0.145 e. The number of carbonyl (C=O) groups is 2. The fraction of sp³-hybridized carbons (Fsp3) is 0.800. The highest BCUT2D eigenvalue weighted by Gasteiger charge is 2.29. The van der Waals surface area contributed by atoms with Crippen molar-refractivity contribution in [3.05, 3.63) is 0 Å². The highest BCUT2D eigenvalue weighted by molar-refractivity contribution is 6.02. The van der Waals surface area contributed by atoms with E-state index in [0.29, 0.717) is 13.0 Å². The average molecular weight is 183 g/mol. The Morgan fingerprint density at radius 3 is 2.85 bits per heavy atom. The molecule has 0 saturated carbocycles. The van der Waals surface area contributed by atoms with E-state index in [1.165, 1.54) is 6.92 Å². The van der Waals surface area contributed by atoms with Crippen LogP contribution in [0.25, 0.3) is 0 Å². The van der Waals surface area contributed by atoms with Crippen LogP contribution in [0.2, 0.25) is 0 Å². The molecule has 1 aliphatic heterocycles. The van der Waals surface area contributed by atoms with Crippen LogP contribution in [0, 0.1) is 5.92 Å². The van der Waals surface area contributed by atoms with Gasteiger partial charge in [-0.05, 0) is 19.9 Å². The number of hydrogen-bond acceptors (Lipinski definition) is 3. The first-order valence-corrected chi connectivity index (χ1v) is 4.90. The number of Topliss-reactive ketones (excluding diaryl/α,β-unsaturated/α-hetero) is 2. The minimum Gasteiger partial charge on any atom is -0.302 e. The van der Waals surface area contributed by atoms with E-state index < -0.39 is 0 Å². The van der Waals surface area contributed by atoms with Gasteiger partial charge in [0, 0.05) is 19.5 Å². The maximum Gasteiger partial charge on any atom is 0.145 e. The molecule has 1 unspecified atom stereocenters. The third kappa shape index (κ3) is 2.62. The fourth-order valence-electron chi connectivity index (χ4n) is 1.77. The minimum atomic E-state index is -0.347. The van der Waals surface area contributed by atoms with Crippen LogP contribution in [0.1, 0.15) is 26.7 Å². The average Bonchev–Trinajstić information content (AvgIpc) is 2.08. The zero-order valence-electron chi connectivity index (χ0n) is 8.38. The number of hydrogen-bond donors (Lipinski definition) is 0. The van der Waals surface area contributed by atoms with Gasteiger partial charge in [-0.3, -0.25) is 9.59 Å². The summed E-state index contributed by atoms with van der Waals surface area (Å²) in [6, 6.07) is 0. The summed E-state index contributed by atoms with van der Waals surface area (Å²) in [5, 5.41) is 0. The van der Waals surface area contributed by atoms with Crippen molar-refractivity contribution >= 4 is 11.6 Å². The maximum atomic E-state index is 11.3. The van der Waals surface area contributed by atoms with Crippen molar-refractivity contribution in [1.82, 2.24) is 4.90 Å². The van der Waals surface area contributed by atoms with Gasteiger partial charge < -0.3 is 4.90 Å². The Labute approximate surface area is 79.1 Å². The van der Waals surface area contributed by atoms with E-state index in [-0.39, 0.29) is 17.5 Å². The van der Waals surface area contributed by atoms with Crippen molar-refractivity contribution in [3.8, 4) is 0 Å². The van der Waals surface area contributed by atoms with E-state index in [4.69, 9.17) is 0 Å². The number of nitrogens with zero attached hydrogens (tertiary/aromatic N) is 1. The molecule has 74 valence electrons. The monoisotopic (exact) mass is 183 g/mol. The Balaban J connectivity index is 2.52. The lowest BCUT2D eigenvalue weighted by Gasteiger charge is -2.29. The predicted molar refractivity (Wildman–Crippen MR) is 50.5 cm³/mol. The lowest BCUT2D eigenvalue weighted by atomic mass is 9.93. The maximum absolute atomic E-state index is 11.3. The molecule has 1 fully saturated rings. The fourth-order valence-corrected chi connectivity index (χ4v) is 1.77. The van der Waals surface area contributed by atoms with Crippen LogP contribution >= 0.6 is 0 Å². The van der Waals surface area contributed by atoms with E-state index in [9.17, 15) is 9.59 Å². The molecule has 3 nitrogen and oxygen atoms in total. The third-order valence-electron chi connectivity index (χ3n) is 2.53. The van der Waals surface area contributed by atoms with Crippen molar-refractivity contribution in [1.29, 1.82) is 0 Å². The molecule has 1 atom stereocenters. The molecular formula is C10H17NO2. The molecule has 0 aromatic rings. The number of rotatable bonds is 3. The van der Waals surface area contributed by atoms with Gasteiger partial charge in [0.25, 0.3) is 0 Å². The number of carbonyl (C=O) groups excluding carboxylic acids is 2. The zero-order chi connectivity index (χ0) is 9.84. The van der Waals surface area contributed by atoms with Gasteiger partial charge in [0.1, 0.15) is 11.6 Å². The Hall–Kier alpha value is -0.700. The molecule has 0 aliphatic carbocycles. The van der Waals surface area contributed by atoms with Gasteiger partial charge in [0.05, 0.1) is 5.92 Å². The van der Waals surface area contributed by atoms with Gasteiger partial charge in [-0.1, -0.05) is 6.92 Å². The normalized spacial score (nSPS) is 24.8. The van der Waals surface area contributed by atoms with Gasteiger partial charge in [0.15, 0.2) is 0 Å². The third-order valence-corrected chi connectivity index (χ3v) is 2.53. The molecule has 13 heavy (non-hydrogen) atoms. The predicted octanol–water partition coefficient (Wildman–Crippen LogP) is 0.876. The van der Waals surface area contributed by atoms with Crippen LogP contribution in [0.4, 0.5) is 0 Å². The first-order valence-electron chi connectivity index (χ1n) is 4.90. The molecule has 0 amide bonds. The summed E-state index contributed by atoms with van der Waals surface area (Å²) >= 11 is 0. The molecular weight excluding hydrogens is 166 g/mol. The van der Waals surface area contributed by atoms with Crippen LogP contribution in [0.5, 0.6) is 0 Å². The summed E-state index contributed by atoms with van der Waals surface area (Å²) in [6.45, 7) is 6.09. The van der Waals surface area contributed by atoms with Crippen LogP contribution in [0.3, 0.4) is 0 Å². The highest BCUT2D eigenvalue weighted by atomic mass is 16.1. The highest BCUT2D eigenvalue weighted by Crippen LogP contribution is 2.13. The summed E-state index contributed by atoms with van der Waals surface area (Å²) in [5.74, 6) is -0.203. The van der Waals surface area contributed by atoms with Crippen molar-refractivity contribution < 1.29 is 9.59 Å². The van der Waals surface area contributed by atoms with Crippen molar-refractivity contribution in [2.45, 2.75) is 26.7 Å². The van der Waals surface area contributed by atoms with Gasteiger partial charge in [-0.25, -0.2) is 0 Å². The van der Waals surface area contributed by atoms with E-state index >= 15 is 0 Å². The second-order valence-electron chi connectivity index (χ2n) is 3.68. The van der Waals surface area contributed by atoms with E-state index in [1.807, 2.05) is 0 Å². The Morgan fingerprint density at radius 2 is 2.31 bits per heavy atom. The molecule has 0 spiro atoms. The van der Waals surface area contributed by atoms with E-state index in [0.717, 1.165) is 19.5 Å². The summed E-state index contributed by atoms with van der Waals surface area (Å²) in [4.78, 5) is 24.7. The molecule has 1 saturated heterocycles. The number of piperidine rings is 1. The van der Waals surface area contributed by atoms with E-state index in [2.05, 4.69) is 11.8 Å². The first kappa shape index (κ1) is 10.4. The lowest BCUT2D eigenvalue weighted by molar-refractivity contribution is -0.134. The molecule has 0 bridgehead atoms. The second kappa shape index (κ2) is 4.51. The standard InChI is InChI=1S/C10H17NO2/c1-3-5-11-6-4-10(13)9(7-11)8(2)12/h9H,3-7H2,1-2H3. The second-order valence-corrected chi connectivity index (χ2v) is 3.68. The largest absolute Gasteiger partial charge is 0.302 e. The summed E-state index contributed by atoms with van der Waals surface area (Å²) in [5.41, 5.74) is 0. The van der Waals surface area contributed by atoms with Crippen LogP contribution in [0.15, 0.2) is 0 Å². The SMILES string of the molecule is CCCN1CCC(=O)C(C(C)=O)C1. The van der Waals surface area contributed by atoms with Crippen LogP contribution < -0.4 is 0 Å². The number of likely N-dealkylation sites (tertiary alicyclic amines) is 1. The van der Waals surface area contributed by atoms with Crippen molar-refractivity contribution in [2.24, 2.45) is 5.92 Å². The lowest BCUT2D eigenvalue weighted by Crippen LogP contribution is -2.43. The zero-order valence-corrected chi connectivity index (χ0v) is 8.38. The Morgan fingerprint density at radius 1 is 1.62 bits per heavy atom. The molecule has 0 aromatic carbocycles. The topological polar surface area (TPSA) is 37.4 Å². The molecule has 1 rings (SSSR count). The van der Waals surface area contributed by atoms with Gasteiger partial charge in [0.2, 0.25) is 0 Å². The Kier molecular flexibility index (Phi) is 3.60. The van der Waals surface area contributed by atoms with Crippen molar-refractivity contribution in [3.63, 3.8) is 0 Å². The van der Waals surface area contributed by atoms with Crippen molar-refractivity contribution in [2.75, 3.05) is 19.6 Å². The first-order chi connectivity index (χ1) is 6.15. The molecule has 1 heterocycles. The molecule has 0 radical (unpaired) electrons. The van der Waals surface area contributed by atoms with Gasteiger partial charge in [-0.15, -0.1) is 0 Å². The van der Waals surface area contributed by atoms with Crippen LogP contribution in [-0.4, -0.2) is 36.1 Å².